The number of hydrogen-bond acceptors (Lipinski definition) is 0. The molecule has 0 spiro atoms. The normalized spacial score (nSPS) is 32.7. The molecule has 0 saturated heterocycles. The molecule has 0 unspecified atom stereocenters. The minimum atomic E-state index is -0.432. The van der Waals surface area contributed by atoms with Gasteiger partial charge in [0.15, 0.2) is 0 Å². The van der Waals surface area contributed by atoms with Crippen molar-refractivity contribution in [3.8, 4) is 0 Å². The van der Waals surface area contributed by atoms with Crippen molar-refractivity contribution in [2.45, 2.75) is 64.2 Å². The Hall–Kier alpha value is -0.920. The minimum Gasteiger partial charge on any atom is -0.207 e. The van der Waals surface area contributed by atoms with Gasteiger partial charge in [-0.25, -0.2) is 8.78 Å². The van der Waals surface area contributed by atoms with Crippen molar-refractivity contribution in [1.29, 1.82) is 0 Å². The Morgan fingerprint density at radius 3 is 2.29 bits per heavy atom. The van der Waals surface area contributed by atoms with Gasteiger partial charge in [-0.05, 0) is 73.5 Å². The summed E-state index contributed by atoms with van der Waals surface area (Å²) in [5.74, 6) is 2.07. The smallest absolute Gasteiger partial charge is 0.126 e. The van der Waals surface area contributed by atoms with Crippen molar-refractivity contribution in [3.05, 3.63) is 35.4 Å². The molecule has 1 aromatic rings. The van der Waals surface area contributed by atoms with Crippen molar-refractivity contribution in [1.82, 2.24) is 0 Å². The van der Waals surface area contributed by atoms with Crippen molar-refractivity contribution in [2.24, 2.45) is 17.8 Å². The van der Waals surface area contributed by atoms with Crippen LogP contribution in [-0.2, 0) is 0 Å². The molecule has 2 aliphatic rings. The van der Waals surface area contributed by atoms with E-state index in [1.165, 1.54) is 50.7 Å². The van der Waals surface area contributed by atoms with Gasteiger partial charge in [0.2, 0.25) is 0 Å². The first-order valence-electron chi connectivity index (χ1n) is 8.61. The SMILES string of the molecule is CCC[C@@H]1CC[C@@H]2C[C@H](c3cc(F)cc(F)c3)CC[C@@H]2C1. The van der Waals surface area contributed by atoms with E-state index in [2.05, 4.69) is 6.92 Å². The van der Waals surface area contributed by atoms with Gasteiger partial charge in [-0.2, -0.15) is 0 Å². The van der Waals surface area contributed by atoms with E-state index in [0.29, 0.717) is 5.92 Å². The monoisotopic (exact) mass is 292 g/mol. The molecular formula is C19H26F2. The number of rotatable bonds is 3. The van der Waals surface area contributed by atoms with Crippen LogP contribution >= 0.6 is 0 Å². The molecule has 2 heteroatoms. The second-order valence-electron chi connectivity index (χ2n) is 7.20. The lowest BCUT2D eigenvalue weighted by atomic mass is 9.63. The Labute approximate surface area is 126 Å². The number of benzene rings is 1. The molecule has 0 amide bonds. The van der Waals surface area contributed by atoms with Crippen LogP contribution in [0, 0.1) is 29.4 Å². The lowest BCUT2D eigenvalue weighted by Crippen LogP contribution is -2.30. The quantitative estimate of drug-likeness (QED) is 0.634. The first kappa shape index (κ1) is 15.0. The first-order chi connectivity index (χ1) is 10.2. The lowest BCUT2D eigenvalue weighted by molar-refractivity contribution is 0.114. The predicted octanol–water partition coefficient (Wildman–Crippen LogP) is 6.06. The van der Waals surface area contributed by atoms with E-state index in [1.807, 2.05) is 0 Å². The van der Waals surface area contributed by atoms with Gasteiger partial charge in [0.1, 0.15) is 11.6 Å². The van der Waals surface area contributed by atoms with Crippen LogP contribution in [-0.4, -0.2) is 0 Å². The van der Waals surface area contributed by atoms with Crippen LogP contribution in [0.2, 0.25) is 0 Å². The third-order valence-electron chi connectivity index (χ3n) is 5.77. The van der Waals surface area contributed by atoms with Gasteiger partial charge >= 0.3 is 0 Å². The van der Waals surface area contributed by atoms with Crippen LogP contribution < -0.4 is 0 Å². The maximum atomic E-state index is 13.4. The molecule has 1 aromatic carbocycles. The van der Waals surface area contributed by atoms with Crippen LogP contribution in [0.5, 0.6) is 0 Å². The molecular weight excluding hydrogens is 266 g/mol. The fourth-order valence-corrected chi connectivity index (χ4v) is 4.77. The van der Waals surface area contributed by atoms with Crippen molar-refractivity contribution < 1.29 is 8.78 Å². The second-order valence-corrected chi connectivity index (χ2v) is 7.20. The fourth-order valence-electron chi connectivity index (χ4n) is 4.77. The molecule has 0 radical (unpaired) electrons. The van der Waals surface area contributed by atoms with E-state index in [1.54, 1.807) is 0 Å². The average molecular weight is 292 g/mol. The van der Waals surface area contributed by atoms with E-state index in [4.69, 9.17) is 0 Å². The van der Waals surface area contributed by atoms with Gasteiger partial charge in [-0.15, -0.1) is 0 Å². The molecule has 2 aliphatic carbocycles. The number of fused-ring (bicyclic) bond motifs is 1. The molecule has 2 fully saturated rings. The van der Waals surface area contributed by atoms with Crippen molar-refractivity contribution in [3.63, 3.8) is 0 Å². The van der Waals surface area contributed by atoms with Gasteiger partial charge < -0.3 is 0 Å². The van der Waals surface area contributed by atoms with E-state index >= 15 is 0 Å². The molecule has 116 valence electrons. The van der Waals surface area contributed by atoms with Crippen molar-refractivity contribution >= 4 is 0 Å². The van der Waals surface area contributed by atoms with E-state index in [9.17, 15) is 8.78 Å². The zero-order valence-electron chi connectivity index (χ0n) is 13.0. The molecule has 0 nitrogen and oxygen atoms in total. The molecule has 0 N–H and O–H groups in total. The lowest BCUT2D eigenvalue weighted by Gasteiger charge is -2.42. The summed E-state index contributed by atoms with van der Waals surface area (Å²) in [6, 6.07) is 4.05. The summed E-state index contributed by atoms with van der Waals surface area (Å²) in [7, 11) is 0. The summed E-state index contributed by atoms with van der Waals surface area (Å²) in [6.45, 7) is 2.28. The van der Waals surface area contributed by atoms with Gasteiger partial charge in [-0.3, -0.25) is 0 Å². The van der Waals surface area contributed by atoms with Crippen LogP contribution in [0.1, 0.15) is 69.8 Å². The van der Waals surface area contributed by atoms with Crippen LogP contribution in [0.4, 0.5) is 8.78 Å². The highest BCUT2D eigenvalue weighted by Crippen LogP contribution is 2.48. The second kappa shape index (κ2) is 6.46. The summed E-state index contributed by atoms with van der Waals surface area (Å²) in [6.07, 6.45) is 10.2. The molecule has 4 atom stereocenters. The third kappa shape index (κ3) is 3.46. The maximum Gasteiger partial charge on any atom is 0.126 e. The Bertz CT molecular complexity index is 462. The third-order valence-corrected chi connectivity index (χ3v) is 5.77. The zero-order valence-corrected chi connectivity index (χ0v) is 13.0. The standard InChI is InChI=1S/C19H26F2/c1-2-3-13-4-5-15-9-16(7-6-14(15)8-13)17-10-18(20)12-19(21)11-17/h10-16H,2-9H2,1H3/t13-,14-,15-,16-/m1/s1. The van der Waals surface area contributed by atoms with E-state index < -0.39 is 11.6 Å². The van der Waals surface area contributed by atoms with Gasteiger partial charge in [0.25, 0.3) is 0 Å². The Morgan fingerprint density at radius 2 is 1.57 bits per heavy atom. The summed E-state index contributed by atoms with van der Waals surface area (Å²) in [4.78, 5) is 0. The van der Waals surface area contributed by atoms with Gasteiger partial charge in [0, 0.05) is 6.07 Å². The molecule has 3 rings (SSSR count). The largest absolute Gasteiger partial charge is 0.207 e. The van der Waals surface area contributed by atoms with Crippen LogP contribution in [0.25, 0.3) is 0 Å². The number of hydrogen-bond donors (Lipinski definition) is 0. The highest BCUT2D eigenvalue weighted by atomic mass is 19.1. The van der Waals surface area contributed by atoms with Gasteiger partial charge in [0.05, 0.1) is 0 Å². The summed E-state index contributed by atoms with van der Waals surface area (Å²) in [5, 5.41) is 0. The maximum absolute atomic E-state index is 13.4. The molecule has 0 aromatic heterocycles. The summed E-state index contributed by atoms with van der Waals surface area (Å²) < 4.78 is 26.8. The topological polar surface area (TPSA) is 0 Å². The fraction of sp³-hybridized carbons (Fsp3) is 0.684. The van der Waals surface area contributed by atoms with Crippen LogP contribution in [0.15, 0.2) is 18.2 Å². The molecule has 0 bridgehead atoms. The van der Waals surface area contributed by atoms with Crippen molar-refractivity contribution in [2.75, 3.05) is 0 Å². The Morgan fingerprint density at radius 1 is 0.905 bits per heavy atom. The molecule has 2 saturated carbocycles. The highest BCUT2D eigenvalue weighted by molar-refractivity contribution is 5.22. The van der Waals surface area contributed by atoms with E-state index in [-0.39, 0.29) is 0 Å². The van der Waals surface area contributed by atoms with Crippen LogP contribution in [0.3, 0.4) is 0 Å². The molecule has 0 aliphatic heterocycles. The van der Waals surface area contributed by atoms with Gasteiger partial charge in [-0.1, -0.05) is 26.2 Å². The number of halogens is 2. The Balaban J connectivity index is 1.65. The average Bonchev–Trinajstić information content (AvgIpc) is 2.46. The predicted molar refractivity (Wildman–Crippen MR) is 82.2 cm³/mol. The van der Waals surface area contributed by atoms with E-state index in [0.717, 1.165) is 42.2 Å². The first-order valence-corrected chi connectivity index (χ1v) is 8.61. The molecule has 21 heavy (non-hydrogen) atoms. The highest BCUT2D eigenvalue weighted by Gasteiger charge is 2.35. The zero-order chi connectivity index (χ0) is 14.8. The summed E-state index contributed by atoms with van der Waals surface area (Å²) in [5.41, 5.74) is 0.877. The molecule has 0 heterocycles. The Kier molecular flexibility index (Phi) is 4.61. The summed E-state index contributed by atoms with van der Waals surface area (Å²) >= 11 is 0. The minimum absolute atomic E-state index is 0.360.